The van der Waals surface area contributed by atoms with Crippen molar-refractivity contribution in [1.29, 1.82) is 5.26 Å². The van der Waals surface area contributed by atoms with Gasteiger partial charge in [0.2, 0.25) is 0 Å². The van der Waals surface area contributed by atoms with E-state index in [-0.39, 0.29) is 5.91 Å². The van der Waals surface area contributed by atoms with Gasteiger partial charge in [-0.2, -0.15) is 5.26 Å². The van der Waals surface area contributed by atoms with Crippen LogP contribution in [-0.4, -0.2) is 17.9 Å². The van der Waals surface area contributed by atoms with Crippen molar-refractivity contribution in [2.75, 3.05) is 17.4 Å². The number of nitrogen functional groups attached to an aromatic ring is 1. The summed E-state index contributed by atoms with van der Waals surface area (Å²) in [5.74, 6) is 5.15. The molecule has 1 aromatic carbocycles. The van der Waals surface area contributed by atoms with E-state index < -0.39 is 0 Å². The molecular formula is C14H13N5O. The number of pyridine rings is 1. The predicted octanol–water partition coefficient (Wildman–Crippen LogP) is 1.52. The lowest BCUT2D eigenvalue weighted by Gasteiger charge is -2.18. The van der Waals surface area contributed by atoms with Crippen LogP contribution in [0.1, 0.15) is 15.9 Å². The van der Waals surface area contributed by atoms with Crippen LogP contribution in [0.3, 0.4) is 0 Å². The summed E-state index contributed by atoms with van der Waals surface area (Å²) in [7, 11) is 1.66. The number of nitrogens with one attached hydrogen (secondary N) is 1. The molecule has 0 aliphatic rings. The molecule has 0 radical (unpaired) electrons. The van der Waals surface area contributed by atoms with Gasteiger partial charge in [-0.1, -0.05) is 0 Å². The minimum Gasteiger partial charge on any atom is -0.322 e. The third-order valence-electron chi connectivity index (χ3n) is 2.90. The van der Waals surface area contributed by atoms with E-state index in [2.05, 4.69) is 10.4 Å². The van der Waals surface area contributed by atoms with Crippen LogP contribution < -0.4 is 16.2 Å². The zero-order valence-corrected chi connectivity index (χ0v) is 10.9. The number of hydrogen-bond acceptors (Lipinski definition) is 5. The van der Waals surface area contributed by atoms with E-state index in [1.54, 1.807) is 37.4 Å². The molecule has 0 bridgehead atoms. The highest BCUT2D eigenvalue weighted by atomic mass is 16.2. The summed E-state index contributed by atoms with van der Waals surface area (Å²) in [6.07, 6.45) is 3.01. The van der Waals surface area contributed by atoms with Crippen molar-refractivity contribution in [3.05, 3.63) is 53.9 Å². The highest BCUT2D eigenvalue weighted by Gasteiger charge is 2.16. The van der Waals surface area contributed by atoms with E-state index in [1.807, 2.05) is 6.07 Å². The molecule has 0 atom stereocenters. The number of aromatic nitrogens is 1. The fourth-order valence-corrected chi connectivity index (χ4v) is 1.75. The minimum absolute atomic E-state index is 0.218. The first-order valence-electron chi connectivity index (χ1n) is 5.86. The van der Waals surface area contributed by atoms with Gasteiger partial charge in [-0.05, 0) is 30.3 Å². The first-order chi connectivity index (χ1) is 9.67. The van der Waals surface area contributed by atoms with E-state index in [4.69, 9.17) is 11.1 Å². The van der Waals surface area contributed by atoms with Crippen molar-refractivity contribution in [3.63, 3.8) is 0 Å². The Labute approximate surface area is 116 Å². The van der Waals surface area contributed by atoms with Gasteiger partial charge in [0.15, 0.2) is 0 Å². The van der Waals surface area contributed by atoms with Crippen LogP contribution in [-0.2, 0) is 0 Å². The Kier molecular flexibility index (Phi) is 3.93. The smallest absolute Gasteiger partial charge is 0.260 e. The van der Waals surface area contributed by atoms with Crippen LogP contribution in [0.25, 0.3) is 0 Å². The van der Waals surface area contributed by atoms with Gasteiger partial charge in [0.1, 0.15) is 0 Å². The lowest BCUT2D eigenvalue weighted by Crippen LogP contribution is -2.27. The molecule has 0 aliphatic carbocycles. The van der Waals surface area contributed by atoms with E-state index in [0.717, 1.165) is 0 Å². The van der Waals surface area contributed by atoms with E-state index >= 15 is 0 Å². The summed E-state index contributed by atoms with van der Waals surface area (Å²) >= 11 is 0. The van der Waals surface area contributed by atoms with Gasteiger partial charge in [0.05, 0.1) is 29.1 Å². The molecule has 0 spiro atoms. The lowest BCUT2D eigenvalue weighted by molar-refractivity contribution is 0.0993. The number of carbonyl (C=O) groups excluding carboxylic acids is 1. The summed E-state index contributed by atoms with van der Waals surface area (Å²) in [6, 6.07) is 10.4. The molecule has 1 aromatic heterocycles. The molecule has 1 amide bonds. The van der Waals surface area contributed by atoms with Crippen molar-refractivity contribution in [2.45, 2.75) is 0 Å². The topological polar surface area (TPSA) is 95.0 Å². The number of hydrazine groups is 1. The summed E-state index contributed by atoms with van der Waals surface area (Å²) in [5.41, 5.74) is 4.56. The highest BCUT2D eigenvalue weighted by Crippen LogP contribution is 2.19. The summed E-state index contributed by atoms with van der Waals surface area (Å²) in [6.45, 7) is 0. The molecule has 0 saturated heterocycles. The average Bonchev–Trinajstić information content (AvgIpc) is 2.53. The fraction of sp³-hybridized carbons (Fsp3) is 0.0714. The van der Waals surface area contributed by atoms with E-state index in [9.17, 15) is 4.79 Å². The molecule has 20 heavy (non-hydrogen) atoms. The number of nitriles is 1. The molecule has 2 aromatic rings. The highest BCUT2D eigenvalue weighted by molar-refractivity contribution is 6.09. The molecular weight excluding hydrogens is 254 g/mol. The number of benzene rings is 1. The molecule has 100 valence electrons. The quantitative estimate of drug-likeness (QED) is 0.649. The maximum atomic E-state index is 12.4. The lowest BCUT2D eigenvalue weighted by atomic mass is 10.1. The van der Waals surface area contributed by atoms with Gasteiger partial charge in [-0.25, -0.2) is 0 Å². The van der Waals surface area contributed by atoms with Crippen LogP contribution >= 0.6 is 0 Å². The molecule has 0 aliphatic heterocycles. The first-order valence-corrected chi connectivity index (χ1v) is 5.86. The maximum absolute atomic E-state index is 12.4. The second-order valence-corrected chi connectivity index (χ2v) is 4.09. The molecule has 3 N–H and O–H groups in total. The number of hydrogen-bond donors (Lipinski definition) is 2. The zero-order valence-electron chi connectivity index (χ0n) is 10.9. The van der Waals surface area contributed by atoms with Gasteiger partial charge in [-0.3, -0.25) is 15.6 Å². The molecule has 6 heteroatoms. The van der Waals surface area contributed by atoms with Crippen LogP contribution in [0.5, 0.6) is 0 Å². The Bertz CT molecular complexity index is 660. The standard InChI is InChI=1S/C14H13N5O/c1-19(11-4-2-10(8-15)3-5-11)14(20)12-6-7-17-9-13(12)18-16/h2-7,9,18H,16H2,1H3. The van der Waals surface area contributed by atoms with Gasteiger partial charge < -0.3 is 10.3 Å². The van der Waals surface area contributed by atoms with Crippen LogP contribution in [0.15, 0.2) is 42.7 Å². The SMILES string of the molecule is CN(C(=O)c1ccncc1NN)c1ccc(C#N)cc1. The third kappa shape index (κ3) is 2.58. The van der Waals surface area contributed by atoms with Gasteiger partial charge in [-0.15, -0.1) is 0 Å². The summed E-state index contributed by atoms with van der Waals surface area (Å²) in [5, 5.41) is 8.76. The number of rotatable bonds is 3. The molecule has 0 fully saturated rings. The minimum atomic E-state index is -0.218. The largest absolute Gasteiger partial charge is 0.322 e. The van der Waals surface area contributed by atoms with Crippen molar-refractivity contribution >= 4 is 17.3 Å². The third-order valence-corrected chi connectivity index (χ3v) is 2.90. The molecule has 1 heterocycles. The summed E-state index contributed by atoms with van der Waals surface area (Å²) in [4.78, 5) is 17.8. The predicted molar refractivity (Wildman–Crippen MR) is 75.9 cm³/mol. The van der Waals surface area contributed by atoms with Gasteiger partial charge in [0, 0.05) is 18.9 Å². The second-order valence-electron chi connectivity index (χ2n) is 4.09. The van der Waals surface area contributed by atoms with Crippen molar-refractivity contribution < 1.29 is 4.79 Å². The van der Waals surface area contributed by atoms with Gasteiger partial charge in [0.25, 0.3) is 5.91 Å². The number of carbonyl (C=O) groups is 1. The monoisotopic (exact) mass is 267 g/mol. The Morgan fingerprint density at radius 1 is 1.35 bits per heavy atom. The number of anilines is 2. The number of nitrogens with two attached hydrogens (primary N) is 1. The zero-order chi connectivity index (χ0) is 14.5. The summed E-state index contributed by atoms with van der Waals surface area (Å²) < 4.78 is 0. The Balaban J connectivity index is 2.30. The Hall–Kier alpha value is -2.91. The van der Waals surface area contributed by atoms with Crippen LogP contribution in [0.2, 0.25) is 0 Å². The average molecular weight is 267 g/mol. The van der Waals surface area contributed by atoms with Crippen molar-refractivity contribution in [3.8, 4) is 6.07 Å². The number of amides is 1. The number of nitrogens with zero attached hydrogens (tertiary/aromatic N) is 3. The Morgan fingerprint density at radius 3 is 2.65 bits per heavy atom. The molecule has 2 rings (SSSR count). The first kappa shape index (κ1) is 13.5. The molecule has 6 nitrogen and oxygen atoms in total. The van der Waals surface area contributed by atoms with E-state index in [1.165, 1.54) is 17.3 Å². The molecule has 0 unspecified atom stereocenters. The van der Waals surface area contributed by atoms with Crippen LogP contribution in [0, 0.1) is 11.3 Å². The van der Waals surface area contributed by atoms with Crippen LogP contribution in [0.4, 0.5) is 11.4 Å². The Morgan fingerprint density at radius 2 is 2.05 bits per heavy atom. The maximum Gasteiger partial charge on any atom is 0.260 e. The second kappa shape index (κ2) is 5.82. The fourth-order valence-electron chi connectivity index (χ4n) is 1.75. The van der Waals surface area contributed by atoms with E-state index in [0.29, 0.717) is 22.5 Å². The van der Waals surface area contributed by atoms with Crippen molar-refractivity contribution in [2.24, 2.45) is 5.84 Å². The van der Waals surface area contributed by atoms with Crippen molar-refractivity contribution in [1.82, 2.24) is 4.98 Å². The molecule has 0 saturated carbocycles. The van der Waals surface area contributed by atoms with Gasteiger partial charge >= 0.3 is 0 Å². The normalized spacial score (nSPS) is 9.65.